The lowest BCUT2D eigenvalue weighted by Crippen LogP contribution is -2.17. The predicted molar refractivity (Wildman–Crippen MR) is 55.7 cm³/mol. The summed E-state index contributed by atoms with van der Waals surface area (Å²) in [5, 5.41) is 9.76. The van der Waals surface area contributed by atoms with Crippen LogP contribution in [0.4, 0.5) is 0 Å². The van der Waals surface area contributed by atoms with E-state index in [1.165, 1.54) is 0 Å². The van der Waals surface area contributed by atoms with E-state index in [0.717, 1.165) is 34.9 Å². The summed E-state index contributed by atoms with van der Waals surface area (Å²) < 4.78 is 0.764. The fraction of sp³-hybridized carbons (Fsp3) is 0.400. The fourth-order valence-corrected chi connectivity index (χ4v) is 2.26. The Bertz CT molecular complexity index is 338. The average molecular weight is 242 g/mol. The Kier molecular flexibility index (Phi) is 2.30. The third kappa shape index (κ3) is 1.46. The molecule has 3 N–H and O–H groups in total. The second-order valence-electron chi connectivity index (χ2n) is 3.46. The lowest BCUT2D eigenvalue weighted by Gasteiger charge is -2.23. The minimum Gasteiger partial charge on any atom is -0.506 e. The molecule has 0 bridgehead atoms. The first-order valence-electron chi connectivity index (χ1n) is 4.46. The van der Waals surface area contributed by atoms with Crippen LogP contribution in [0.2, 0.25) is 0 Å². The summed E-state index contributed by atoms with van der Waals surface area (Å²) in [6.07, 6.45) is 3.03. The molecule has 0 saturated heterocycles. The van der Waals surface area contributed by atoms with Gasteiger partial charge in [-0.1, -0.05) is 6.07 Å². The molecule has 13 heavy (non-hydrogen) atoms. The molecule has 1 aromatic rings. The number of nitrogens with two attached hydrogens (primary N) is 1. The van der Waals surface area contributed by atoms with Crippen LogP contribution in [0.15, 0.2) is 16.6 Å². The lowest BCUT2D eigenvalue weighted by atomic mass is 9.88. The van der Waals surface area contributed by atoms with Crippen LogP contribution in [-0.2, 0) is 6.42 Å². The van der Waals surface area contributed by atoms with Gasteiger partial charge in [-0.05, 0) is 52.4 Å². The lowest BCUT2D eigenvalue weighted by molar-refractivity contribution is 0.452. The number of aromatic hydroxyl groups is 1. The Morgan fingerprint density at radius 1 is 1.46 bits per heavy atom. The fourth-order valence-electron chi connectivity index (χ4n) is 1.89. The zero-order valence-electron chi connectivity index (χ0n) is 7.26. The molecule has 3 heteroatoms. The molecule has 2 nitrogen and oxygen atoms in total. The molecule has 0 radical (unpaired) electrons. The van der Waals surface area contributed by atoms with Crippen molar-refractivity contribution in [1.29, 1.82) is 0 Å². The van der Waals surface area contributed by atoms with Crippen molar-refractivity contribution in [2.24, 2.45) is 5.73 Å². The maximum Gasteiger partial charge on any atom is 0.133 e. The van der Waals surface area contributed by atoms with E-state index in [1.54, 1.807) is 0 Å². The number of halogens is 1. The molecule has 0 spiro atoms. The molecule has 1 aromatic carbocycles. The second-order valence-corrected chi connectivity index (χ2v) is 4.32. The highest BCUT2D eigenvalue weighted by atomic mass is 79.9. The third-order valence-electron chi connectivity index (χ3n) is 2.61. The van der Waals surface area contributed by atoms with Gasteiger partial charge in [0.05, 0.1) is 4.47 Å². The van der Waals surface area contributed by atoms with E-state index in [0.29, 0.717) is 5.75 Å². The molecule has 2 rings (SSSR count). The zero-order chi connectivity index (χ0) is 9.42. The monoisotopic (exact) mass is 241 g/mol. The van der Waals surface area contributed by atoms with Crippen molar-refractivity contribution in [3.05, 3.63) is 27.7 Å². The van der Waals surface area contributed by atoms with Crippen molar-refractivity contribution in [3.8, 4) is 5.75 Å². The topological polar surface area (TPSA) is 46.2 Å². The van der Waals surface area contributed by atoms with Gasteiger partial charge < -0.3 is 10.8 Å². The summed E-state index contributed by atoms with van der Waals surface area (Å²) in [7, 11) is 0. The number of rotatable bonds is 0. The van der Waals surface area contributed by atoms with Crippen molar-refractivity contribution < 1.29 is 5.11 Å². The summed E-state index contributed by atoms with van der Waals surface area (Å²) in [5.41, 5.74) is 8.06. The van der Waals surface area contributed by atoms with Crippen LogP contribution in [-0.4, -0.2) is 5.11 Å². The number of fused-ring (bicyclic) bond motifs is 1. The average Bonchev–Trinajstić information content (AvgIpc) is 2.12. The largest absolute Gasteiger partial charge is 0.506 e. The molecule has 1 aliphatic rings. The number of phenols is 1. The molecule has 0 aromatic heterocycles. The van der Waals surface area contributed by atoms with E-state index in [4.69, 9.17) is 5.73 Å². The molecule has 70 valence electrons. The number of benzene rings is 1. The van der Waals surface area contributed by atoms with Gasteiger partial charge >= 0.3 is 0 Å². The molecule has 0 fully saturated rings. The zero-order valence-corrected chi connectivity index (χ0v) is 8.84. The van der Waals surface area contributed by atoms with Crippen LogP contribution in [0.1, 0.15) is 30.0 Å². The summed E-state index contributed by atoms with van der Waals surface area (Å²) in [5.74, 6) is 0.368. The van der Waals surface area contributed by atoms with Crippen LogP contribution in [0.25, 0.3) is 0 Å². The Hall–Kier alpha value is -0.540. The van der Waals surface area contributed by atoms with Gasteiger partial charge in [-0.2, -0.15) is 0 Å². The van der Waals surface area contributed by atoms with E-state index in [1.807, 2.05) is 12.1 Å². The second kappa shape index (κ2) is 3.31. The summed E-state index contributed by atoms with van der Waals surface area (Å²) >= 11 is 3.30. The molecule has 0 amide bonds. The van der Waals surface area contributed by atoms with Crippen molar-refractivity contribution in [3.63, 3.8) is 0 Å². The molecular formula is C10H12BrNO. The van der Waals surface area contributed by atoms with Crippen molar-refractivity contribution in [1.82, 2.24) is 0 Å². The Balaban J connectivity index is 2.56. The van der Waals surface area contributed by atoms with Crippen LogP contribution in [0.3, 0.4) is 0 Å². The Labute approximate surface area is 85.9 Å². The van der Waals surface area contributed by atoms with Crippen LogP contribution < -0.4 is 5.73 Å². The van der Waals surface area contributed by atoms with Gasteiger partial charge in [-0.25, -0.2) is 0 Å². The van der Waals surface area contributed by atoms with E-state index < -0.39 is 0 Å². The SMILES string of the molecule is N[C@H]1CCCc2c1ccc(Br)c2O. The first kappa shape index (κ1) is 9.03. The number of phenolic OH excluding ortho intramolecular Hbond substituents is 1. The van der Waals surface area contributed by atoms with Crippen LogP contribution in [0.5, 0.6) is 5.75 Å². The molecule has 1 atom stereocenters. The third-order valence-corrected chi connectivity index (χ3v) is 3.25. The normalized spacial score (nSPS) is 21.2. The van der Waals surface area contributed by atoms with Crippen LogP contribution >= 0.6 is 15.9 Å². The van der Waals surface area contributed by atoms with Gasteiger partial charge in [0, 0.05) is 6.04 Å². The highest BCUT2D eigenvalue weighted by Crippen LogP contribution is 2.37. The van der Waals surface area contributed by atoms with Crippen molar-refractivity contribution in [2.75, 3.05) is 0 Å². The molecule has 0 aliphatic heterocycles. The highest BCUT2D eigenvalue weighted by Gasteiger charge is 2.20. The quantitative estimate of drug-likeness (QED) is 0.734. The molecule has 0 unspecified atom stereocenters. The van der Waals surface area contributed by atoms with E-state index in [9.17, 15) is 5.11 Å². The molecule has 0 saturated carbocycles. The maximum atomic E-state index is 9.76. The number of hydrogen-bond donors (Lipinski definition) is 2. The van der Waals surface area contributed by atoms with Gasteiger partial charge in [0.15, 0.2) is 0 Å². The first-order valence-corrected chi connectivity index (χ1v) is 5.25. The predicted octanol–water partition coefficient (Wildman–Crippen LogP) is 2.49. The van der Waals surface area contributed by atoms with Gasteiger partial charge in [0.25, 0.3) is 0 Å². The highest BCUT2D eigenvalue weighted by molar-refractivity contribution is 9.10. The van der Waals surface area contributed by atoms with Crippen LogP contribution in [0, 0.1) is 0 Å². The van der Waals surface area contributed by atoms with E-state index >= 15 is 0 Å². The molecular weight excluding hydrogens is 230 g/mol. The van der Waals surface area contributed by atoms with Gasteiger partial charge in [0.2, 0.25) is 0 Å². The standard InChI is InChI=1S/C10H12BrNO/c11-8-5-4-6-7(10(8)13)2-1-3-9(6)12/h4-5,9,13H,1-3,12H2/t9-/m0/s1. The minimum atomic E-state index is 0.0998. The van der Waals surface area contributed by atoms with Gasteiger partial charge in [-0.15, -0.1) is 0 Å². The molecule has 0 heterocycles. The smallest absolute Gasteiger partial charge is 0.133 e. The minimum absolute atomic E-state index is 0.0998. The maximum absolute atomic E-state index is 9.76. The van der Waals surface area contributed by atoms with Gasteiger partial charge in [0.1, 0.15) is 5.75 Å². The number of hydrogen-bond acceptors (Lipinski definition) is 2. The Morgan fingerprint density at radius 2 is 2.23 bits per heavy atom. The Morgan fingerprint density at radius 3 is 3.00 bits per heavy atom. The van der Waals surface area contributed by atoms with E-state index in [2.05, 4.69) is 15.9 Å². The van der Waals surface area contributed by atoms with Gasteiger partial charge in [-0.3, -0.25) is 0 Å². The first-order chi connectivity index (χ1) is 6.20. The summed E-state index contributed by atoms with van der Waals surface area (Å²) in [6.45, 7) is 0. The summed E-state index contributed by atoms with van der Waals surface area (Å²) in [6, 6.07) is 3.96. The summed E-state index contributed by atoms with van der Waals surface area (Å²) in [4.78, 5) is 0. The van der Waals surface area contributed by atoms with Crippen molar-refractivity contribution >= 4 is 15.9 Å². The van der Waals surface area contributed by atoms with E-state index in [-0.39, 0.29) is 6.04 Å². The molecule has 1 aliphatic carbocycles. The van der Waals surface area contributed by atoms with Crippen molar-refractivity contribution in [2.45, 2.75) is 25.3 Å².